The Kier molecular flexibility index (Phi) is 12.4. The summed E-state index contributed by atoms with van der Waals surface area (Å²) in [5.74, 6) is -4.57. The zero-order valence-electron chi connectivity index (χ0n) is 28.4. The van der Waals surface area contributed by atoms with Gasteiger partial charge in [-0.1, -0.05) is 19.8 Å². The fourth-order valence-corrected chi connectivity index (χ4v) is 6.33. The Bertz CT molecular complexity index is 1850. The Hall–Kier alpha value is -5.15. The first-order valence-corrected chi connectivity index (χ1v) is 16.2. The Morgan fingerprint density at radius 1 is 1.12 bits per heavy atom. The SMILES string of the molecule is CCc1cc(Nc2nccn3c(-c4ccc(OC)c(F)c4F)cnc23)ccc1C(=O)NCCCCCC(CC(=O)O)(CC1CNC1)C(=O)[O-].[NH4+]. The average Bonchev–Trinajstić information content (AvgIpc) is 3.49. The quantitative estimate of drug-likeness (QED) is 0.0980. The molecule has 8 N–H and O–H groups in total. The maximum absolute atomic E-state index is 14.9. The number of carboxylic acid groups (broad SMARTS) is 2. The van der Waals surface area contributed by atoms with Crippen molar-refractivity contribution in [1.29, 1.82) is 0 Å². The molecular formula is C35H43F2N7O6. The maximum atomic E-state index is 14.9. The van der Waals surface area contributed by atoms with Gasteiger partial charge in [0, 0.05) is 47.1 Å². The van der Waals surface area contributed by atoms with Crippen LogP contribution in [0.3, 0.4) is 0 Å². The highest BCUT2D eigenvalue weighted by atomic mass is 19.2. The van der Waals surface area contributed by atoms with Crippen molar-refractivity contribution in [2.45, 2.75) is 51.9 Å². The number of halogens is 2. The number of unbranched alkanes of at least 4 members (excludes halogenated alkanes) is 2. The van der Waals surface area contributed by atoms with Gasteiger partial charge >= 0.3 is 5.97 Å². The summed E-state index contributed by atoms with van der Waals surface area (Å²) < 4.78 is 35.8. The molecule has 2 aromatic carbocycles. The third-order valence-electron chi connectivity index (χ3n) is 9.05. The fourth-order valence-electron chi connectivity index (χ4n) is 6.33. The van der Waals surface area contributed by atoms with Crippen LogP contribution in [-0.2, 0) is 16.0 Å². The third kappa shape index (κ3) is 8.17. The molecule has 1 saturated heterocycles. The number of aliphatic carboxylic acids is 2. The van der Waals surface area contributed by atoms with Crippen molar-refractivity contribution in [2.75, 3.05) is 32.1 Å². The van der Waals surface area contributed by atoms with Crippen molar-refractivity contribution < 1.29 is 38.1 Å². The molecule has 1 fully saturated rings. The lowest BCUT2D eigenvalue weighted by Gasteiger charge is -2.40. The van der Waals surface area contributed by atoms with E-state index in [-0.39, 0.29) is 42.1 Å². The number of quaternary nitrogens is 1. The lowest BCUT2D eigenvalue weighted by molar-refractivity contribution is -0.321. The number of hydrogen-bond donors (Lipinski definition) is 5. The van der Waals surface area contributed by atoms with Gasteiger partial charge in [0.25, 0.3) is 5.91 Å². The monoisotopic (exact) mass is 695 g/mol. The zero-order valence-corrected chi connectivity index (χ0v) is 28.4. The lowest BCUT2D eigenvalue weighted by Crippen LogP contribution is -2.50. The van der Waals surface area contributed by atoms with Crippen molar-refractivity contribution in [3.8, 4) is 17.0 Å². The molecule has 1 atom stereocenters. The van der Waals surface area contributed by atoms with E-state index in [9.17, 15) is 33.4 Å². The van der Waals surface area contributed by atoms with E-state index < -0.39 is 35.4 Å². The molecule has 1 aliphatic heterocycles. The Morgan fingerprint density at radius 2 is 1.90 bits per heavy atom. The molecule has 5 rings (SSSR count). The maximum Gasteiger partial charge on any atom is 0.304 e. The summed E-state index contributed by atoms with van der Waals surface area (Å²) in [5.41, 5.74) is 1.26. The second kappa shape index (κ2) is 16.5. The molecule has 1 aliphatic rings. The van der Waals surface area contributed by atoms with E-state index in [4.69, 9.17) is 4.74 Å². The summed E-state index contributed by atoms with van der Waals surface area (Å²) in [6.07, 6.45) is 6.84. The van der Waals surface area contributed by atoms with E-state index >= 15 is 0 Å². The number of methoxy groups -OCH3 is 1. The highest BCUT2D eigenvalue weighted by Crippen LogP contribution is 2.37. The van der Waals surface area contributed by atoms with Crippen LogP contribution in [0.25, 0.3) is 16.9 Å². The van der Waals surface area contributed by atoms with Gasteiger partial charge in [-0.2, -0.15) is 4.39 Å². The van der Waals surface area contributed by atoms with Crippen molar-refractivity contribution in [3.63, 3.8) is 0 Å². The molecule has 2 aromatic heterocycles. The Morgan fingerprint density at radius 3 is 2.56 bits per heavy atom. The first-order chi connectivity index (χ1) is 23.6. The molecule has 4 aromatic rings. The number of aryl methyl sites for hydroxylation is 1. The van der Waals surface area contributed by atoms with Gasteiger partial charge in [0.2, 0.25) is 5.82 Å². The van der Waals surface area contributed by atoms with Gasteiger partial charge in [-0.3, -0.25) is 14.0 Å². The van der Waals surface area contributed by atoms with Crippen LogP contribution in [0, 0.1) is 23.0 Å². The molecule has 3 heterocycles. The molecule has 13 nitrogen and oxygen atoms in total. The first-order valence-electron chi connectivity index (χ1n) is 16.2. The van der Waals surface area contributed by atoms with E-state index in [1.807, 2.05) is 13.0 Å². The minimum Gasteiger partial charge on any atom is -0.550 e. The van der Waals surface area contributed by atoms with Gasteiger partial charge < -0.3 is 41.8 Å². The predicted molar refractivity (Wildman–Crippen MR) is 181 cm³/mol. The number of ether oxygens (including phenoxy) is 1. The normalized spacial score (nSPS) is 13.9. The summed E-state index contributed by atoms with van der Waals surface area (Å²) in [6, 6.07) is 8.05. The minimum atomic E-state index is -1.40. The van der Waals surface area contributed by atoms with Crippen molar-refractivity contribution >= 4 is 35.0 Å². The molecule has 268 valence electrons. The van der Waals surface area contributed by atoms with E-state index in [2.05, 4.69) is 25.9 Å². The molecule has 0 radical (unpaired) electrons. The number of nitrogens with one attached hydrogen (secondary N) is 3. The number of hydrogen-bond acceptors (Lipinski definition) is 9. The number of rotatable bonds is 17. The van der Waals surface area contributed by atoms with Gasteiger partial charge in [0.1, 0.15) is 0 Å². The minimum absolute atomic E-state index is 0. The van der Waals surface area contributed by atoms with Gasteiger partial charge in [0.15, 0.2) is 23.0 Å². The number of aromatic nitrogens is 3. The van der Waals surface area contributed by atoms with Crippen LogP contribution in [0.2, 0.25) is 0 Å². The molecule has 50 heavy (non-hydrogen) atoms. The molecular weight excluding hydrogens is 652 g/mol. The van der Waals surface area contributed by atoms with Crippen LogP contribution in [0.5, 0.6) is 5.75 Å². The smallest absolute Gasteiger partial charge is 0.304 e. The van der Waals surface area contributed by atoms with Crippen LogP contribution in [0.15, 0.2) is 48.9 Å². The van der Waals surface area contributed by atoms with Crippen LogP contribution in [0.1, 0.15) is 61.4 Å². The summed E-state index contributed by atoms with van der Waals surface area (Å²) in [4.78, 5) is 45.4. The highest BCUT2D eigenvalue weighted by molar-refractivity contribution is 5.96. The number of nitrogens with zero attached hydrogens (tertiary/aromatic N) is 3. The number of benzene rings is 2. The zero-order chi connectivity index (χ0) is 35.1. The third-order valence-corrected chi connectivity index (χ3v) is 9.05. The Balaban J connectivity index is 0.00000562. The summed E-state index contributed by atoms with van der Waals surface area (Å²) >= 11 is 0. The number of fused-ring (bicyclic) bond motifs is 1. The molecule has 0 aliphatic carbocycles. The van der Waals surface area contributed by atoms with Crippen molar-refractivity contribution in [1.82, 2.24) is 31.2 Å². The van der Waals surface area contributed by atoms with Crippen LogP contribution < -0.4 is 31.9 Å². The second-order valence-corrected chi connectivity index (χ2v) is 12.3. The topological polar surface area (TPSA) is 207 Å². The molecule has 0 bridgehead atoms. The van der Waals surface area contributed by atoms with E-state index in [1.54, 1.807) is 22.7 Å². The van der Waals surface area contributed by atoms with E-state index in [1.165, 1.54) is 31.6 Å². The molecule has 1 amide bonds. The van der Waals surface area contributed by atoms with Gasteiger partial charge in [0.05, 0.1) is 25.4 Å². The highest BCUT2D eigenvalue weighted by Gasteiger charge is 2.38. The van der Waals surface area contributed by atoms with Crippen LogP contribution in [-0.4, -0.2) is 64.1 Å². The van der Waals surface area contributed by atoms with Crippen molar-refractivity contribution in [2.24, 2.45) is 11.3 Å². The number of imidazole rings is 1. The van der Waals surface area contributed by atoms with E-state index in [0.717, 1.165) is 5.56 Å². The Labute approximate surface area is 288 Å². The summed E-state index contributed by atoms with van der Waals surface area (Å²) in [5, 5.41) is 30.6. The van der Waals surface area contributed by atoms with Gasteiger partial charge in [-0.15, -0.1) is 0 Å². The fraction of sp³-hybridized carbons (Fsp3) is 0.400. The number of carboxylic acids is 2. The van der Waals surface area contributed by atoms with Crippen LogP contribution >= 0.6 is 0 Å². The number of carbonyl (C=O) groups is 3. The van der Waals surface area contributed by atoms with Gasteiger partial charge in [-0.05, 0) is 80.6 Å². The van der Waals surface area contributed by atoms with E-state index in [0.29, 0.717) is 73.7 Å². The average molecular weight is 696 g/mol. The van der Waals surface area contributed by atoms with Gasteiger partial charge in [-0.25, -0.2) is 14.4 Å². The molecule has 0 saturated carbocycles. The number of carbonyl (C=O) groups excluding carboxylic acids is 2. The second-order valence-electron chi connectivity index (χ2n) is 12.3. The molecule has 15 heteroatoms. The number of amides is 1. The largest absolute Gasteiger partial charge is 0.550 e. The predicted octanol–water partition coefficient (Wildman–Crippen LogP) is 4.48. The summed E-state index contributed by atoms with van der Waals surface area (Å²) in [7, 11) is 1.26. The summed E-state index contributed by atoms with van der Waals surface area (Å²) in [6.45, 7) is 3.65. The lowest BCUT2D eigenvalue weighted by atomic mass is 9.71. The molecule has 0 spiro atoms. The number of anilines is 2. The standard InChI is InChI=1S/C35H40F2N6O6.H3N/c1-3-22-15-23(42-31-32-41-20-26(43(32)14-13-39-31)25-9-10-27(49-2)30(37)29(25)36)7-8-24(22)33(46)40-12-6-4-5-11-35(34(47)48,17-28(44)45)16-21-18-38-19-21;/h7-10,13-15,20-21,38H,3-6,11-12,16-19H2,1-2H3,(H,39,42)(H,40,46)(H,44,45)(H,47,48);1H3. The van der Waals surface area contributed by atoms with Crippen molar-refractivity contribution in [3.05, 3.63) is 71.7 Å². The van der Waals surface area contributed by atoms with Crippen LogP contribution in [0.4, 0.5) is 20.3 Å². The first kappa shape index (κ1) is 37.7. The molecule has 1 unspecified atom stereocenters.